The fraction of sp³-hybridized carbons (Fsp3) is 1.00. The molecule has 0 bridgehead atoms. The van der Waals surface area contributed by atoms with Crippen molar-refractivity contribution in [1.82, 2.24) is 0 Å². The van der Waals surface area contributed by atoms with E-state index in [0.29, 0.717) is 16.7 Å². The molecule has 1 saturated heterocycles. The van der Waals surface area contributed by atoms with Gasteiger partial charge in [0.15, 0.2) is 0 Å². The summed E-state index contributed by atoms with van der Waals surface area (Å²) >= 11 is 0. The van der Waals surface area contributed by atoms with Gasteiger partial charge in [-0.2, -0.15) is 0 Å². The van der Waals surface area contributed by atoms with Crippen molar-refractivity contribution in [3.8, 4) is 0 Å². The fourth-order valence-corrected chi connectivity index (χ4v) is 7.97. The molecule has 3 saturated carbocycles. The number of aliphatic hydroxyl groups excluding tert-OH is 1. The van der Waals surface area contributed by atoms with Crippen LogP contribution in [0.1, 0.15) is 72.1 Å². The van der Waals surface area contributed by atoms with Gasteiger partial charge in [-0.05, 0) is 98.7 Å². The summed E-state index contributed by atoms with van der Waals surface area (Å²) in [7, 11) is 0. The molecule has 4 aliphatic rings. The van der Waals surface area contributed by atoms with Crippen LogP contribution in [0.3, 0.4) is 0 Å². The maximum Gasteiger partial charge on any atom is 0.0700 e. The highest BCUT2D eigenvalue weighted by Gasteiger charge is 2.58. The summed E-state index contributed by atoms with van der Waals surface area (Å²) in [6.07, 6.45) is 10.3. The van der Waals surface area contributed by atoms with Crippen LogP contribution >= 0.6 is 0 Å². The number of ether oxygens (including phenoxy) is 2. The minimum atomic E-state index is -0.144. The monoisotopic (exact) mass is 364 g/mol. The molecule has 150 valence electrons. The fourth-order valence-electron chi connectivity index (χ4n) is 7.97. The molecule has 4 unspecified atom stereocenters. The van der Waals surface area contributed by atoms with E-state index in [-0.39, 0.29) is 6.10 Å². The van der Waals surface area contributed by atoms with Gasteiger partial charge in [-0.25, -0.2) is 0 Å². The van der Waals surface area contributed by atoms with Crippen molar-refractivity contribution in [2.24, 2.45) is 40.4 Å². The maximum absolute atomic E-state index is 10.4. The minimum absolute atomic E-state index is 0.144. The van der Waals surface area contributed by atoms with Crippen molar-refractivity contribution in [1.29, 1.82) is 0 Å². The molecule has 0 spiro atoms. The Labute approximate surface area is 160 Å². The molecular weight excluding hydrogens is 324 g/mol. The molecule has 8 atom stereocenters. The second kappa shape index (κ2) is 7.37. The third-order valence-electron chi connectivity index (χ3n) is 9.37. The summed E-state index contributed by atoms with van der Waals surface area (Å²) in [5.74, 6) is 3.88. The third-order valence-corrected chi connectivity index (χ3v) is 9.37. The van der Waals surface area contributed by atoms with E-state index >= 15 is 0 Å². The van der Waals surface area contributed by atoms with Crippen molar-refractivity contribution >= 4 is 0 Å². The Morgan fingerprint density at radius 2 is 1.46 bits per heavy atom. The van der Waals surface area contributed by atoms with Crippen molar-refractivity contribution in [3.05, 3.63) is 0 Å². The Balaban J connectivity index is 1.56. The number of hydrogen-bond donors (Lipinski definition) is 1. The van der Waals surface area contributed by atoms with Crippen LogP contribution in [0, 0.1) is 40.4 Å². The molecular formula is C23H40O3. The smallest absolute Gasteiger partial charge is 0.0700 e. The number of rotatable bonds is 1. The molecule has 1 N–H and O–H groups in total. The van der Waals surface area contributed by atoms with E-state index in [9.17, 15) is 5.11 Å². The minimum Gasteiger partial charge on any atom is -0.393 e. The molecule has 3 aliphatic carbocycles. The van der Waals surface area contributed by atoms with Gasteiger partial charge >= 0.3 is 0 Å². The van der Waals surface area contributed by atoms with Gasteiger partial charge in [-0.1, -0.05) is 13.8 Å². The zero-order valence-corrected chi connectivity index (χ0v) is 17.2. The van der Waals surface area contributed by atoms with Gasteiger partial charge in [0.1, 0.15) is 0 Å². The van der Waals surface area contributed by atoms with E-state index in [2.05, 4.69) is 13.8 Å². The number of hydrogen-bond acceptors (Lipinski definition) is 3. The van der Waals surface area contributed by atoms with E-state index in [1.165, 1.54) is 51.4 Å². The van der Waals surface area contributed by atoms with Crippen LogP contribution in [0.5, 0.6) is 0 Å². The topological polar surface area (TPSA) is 38.7 Å². The lowest BCUT2D eigenvalue weighted by Crippen LogP contribution is -2.51. The Hall–Kier alpha value is -0.120. The summed E-state index contributed by atoms with van der Waals surface area (Å²) in [4.78, 5) is 0. The predicted octanol–water partition coefficient (Wildman–Crippen LogP) is 4.67. The molecule has 3 nitrogen and oxygen atoms in total. The quantitative estimate of drug-likeness (QED) is 0.735. The molecule has 0 aromatic heterocycles. The Morgan fingerprint density at radius 1 is 0.769 bits per heavy atom. The third kappa shape index (κ3) is 3.16. The van der Waals surface area contributed by atoms with E-state index in [1.54, 1.807) is 0 Å². The summed E-state index contributed by atoms with van der Waals surface area (Å²) in [6.45, 7) is 10.4. The first-order chi connectivity index (χ1) is 12.5. The SMILES string of the molecule is CC(O)[C@H]1CCC2C3CC[C@]4(C)CCOCCOCC[C@@H]4C3CC[C@@]21C. The van der Waals surface area contributed by atoms with Crippen LogP contribution in [0.2, 0.25) is 0 Å². The van der Waals surface area contributed by atoms with E-state index < -0.39 is 0 Å². The van der Waals surface area contributed by atoms with Gasteiger partial charge in [-0.15, -0.1) is 0 Å². The molecule has 26 heavy (non-hydrogen) atoms. The van der Waals surface area contributed by atoms with Gasteiger partial charge in [-0.3, -0.25) is 0 Å². The van der Waals surface area contributed by atoms with Crippen molar-refractivity contribution in [2.75, 3.05) is 26.4 Å². The Morgan fingerprint density at radius 3 is 2.23 bits per heavy atom. The van der Waals surface area contributed by atoms with E-state index in [1.807, 2.05) is 6.92 Å². The number of fused-ring (bicyclic) bond motifs is 5. The van der Waals surface area contributed by atoms with Gasteiger partial charge < -0.3 is 14.6 Å². The van der Waals surface area contributed by atoms with Gasteiger partial charge in [0, 0.05) is 13.2 Å². The predicted molar refractivity (Wildman–Crippen MR) is 104 cm³/mol. The lowest BCUT2D eigenvalue weighted by Gasteiger charge is -2.58. The first kappa shape index (κ1) is 19.2. The molecule has 0 aromatic rings. The van der Waals surface area contributed by atoms with Crippen LogP contribution in [0.25, 0.3) is 0 Å². The number of aliphatic hydroxyl groups is 1. The second-order valence-electron chi connectivity index (χ2n) is 10.5. The zero-order chi connectivity index (χ0) is 18.4. The molecule has 1 aliphatic heterocycles. The van der Waals surface area contributed by atoms with Gasteiger partial charge in [0.25, 0.3) is 0 Å². The summed E-state index contributed by atoms with van der Waals surface area (Å²) < 4.78 is 11.7. The molecule has 0 radical (unpaired) electrons. The van der Waals surface area contributed by atoms with Crippen LogP contribution in [-0.4, -0.2) is 37.6 Å². The molecule has 0 aromatic carbocycles. The molecule has 3 heteroatoms. The first-order valence-corrected chi connectivity index (χ1v) is 11.3. The average molecular weight is 365 g/mol. The average Bonchev–Trinajstić information content (AvgIpc) is 2.96. The summed E-state index contributed by atoms with van der Waals surface area (Å²) in [6, 6.07) is 0. The van der Waals surface area contributed by atoms with Crippen LogP contribution in [-0.2, 0) is 9.47 Å². The van der Waals surface area contributed by atoms with Gasteiger partial charge in [0.2, 0.25) is 0 Å². The second-order valence-corrected chi connectivity index (χ2v) is 10.5. The molecule has 1 heterocycles. The largest absolute Gasteiger partial charge is 0.393 e. The van der Waals surface area contributed by atoms with E-state index in [0.717, 1.165) is 50.1 Å². The highest BCUT2D eigenvalue weighted by molar-refractivity contribution is 5.07. The highest BCUT2D eigenvalue weighted by Crippen LogP contribution is 2.65. The van der Waals surface area contributed by atoms with Gasteiger partial charge in [0.05, 0.1) is 19.3 Å². The lowest BCUT2D eigenvalue weighted by molar-refractivity contribution is -0.111. The standard InChI is InChI=1S/C23H40O3/c1-16(24)19-4-5-21-18-6-9-22(2)11-13-26-15-14-25-12-8-20(22)17(18)7-10-23(19,21)3/h16-21,24H,4-15H2,1-3H3/t16?,17?,18?,19-,20-,21?,22-,23-/m1/s1. The maximum atomic E-state index is 10.4. The zero-order valence-electron chi connectivity index (χ0n) is 17.2. The van der Waals surface area contributed by atoms with Crippen LogP contribution < -0.4 is 0 Å². The first-order valence-electron chi connectivity index (χ1n) is 11.3. The molecule has 0 amide bonds. The lowest BCUT2D eigenvalue weighted by atomic mass is 9.47. The Kier molecular flexibility index (Phi) is 5.44. The normalized spacial score (nSPS) is 51.0. The van der Waals surface area contributed by atoms with Crippen molar-refractivity contribution in [3.63, 3.8) is 0 Å². The summed E-state index contributed by atoms with van der Waals surface area (Å²) in [5.41, 5.74) is 0.802. The van der Waals surface area contributed by atoms with Crippen molar-refractivity contribution < 1.29 is 14.6 Å². The molecule has 4 fully saturated rings. The van der Waals surface area contributed by atoms with E-state index in [4.69, 9.17) is 9.47 Å². The molecule has 4 rings (SSSR count). The van der Waals surface area contributed by atoms with Crippen LogP contribution in [0.15, 0.2) is 0 Å². The highest BCUT2D eigenvalue weighted by atomic mass is 16.5. The van der Waals surface area contributed by atoms with Crippen molar-refractivity contribution in [2.45, 2.75) is 78.2 Å². The Bertz CT molecular complexity index is 492. The summed E-state index contributed by atoms with van der Waals surface area (Å²) in [5, 5.41) is 10.4. The van der Waals surface area contributed by atoms with Crippen LogP contribution in [0.4, 0.5) is 0 Å².